The van der Waals surface area contributed by atoms with Gasteiger partial charge in [0.25, 0.3) is 5.91 Å². The molecule has 0 unspecified atom stereocenters. The molecule has 0 saturated carbocycles. The molecule has 1 aliphatic rings. The zero-order valence-corrected chi connectivity index (χ0v) is 12.0. The van der Waals surface area contributed by atoms with E-state index >= 15 is 0 Å². The predicted molar refractivity (Wildman–Crippen MR) is 81.5 cm³/mol. The minimum absolute atomic E-state index is 0.273. The fraction of sp³-hybridized carbons (Fsp3) is 0.0588. The first kappa shape index (κ1) is 14.9. The van der Waals surface area contributed by atoms with E-state index in [1.807, 2.05) is 0 Å². The molecule has 6 heteroatoms. The molecule has 2 amide bonds. The van der Waals surface area contributed by atoms with Crippen LogP contribution in [0.4, 0.5) is 14.5 Å². The van der Waals surface area contributed by atoms with Crippen LogP contribution in [0, 0.1) is 11.6 Å². The molecule has 0 radical (unpaired) electrons. The first-order valence-electron chi connectivity index (χ1n) is 6.82. The molecule has 116 valence electrons. The Labute approximate surface area is 131 Å². The van der Waals surface area contributed by atoms with Crippen molar-refractivity contribution >= 4 is 23.2 Å². The summed E-state index contributed by atoms with van der Waals surface area (Å²) in [5.74, 6) is -2.41. The molecule has 0 saturated heterocycles. The highest BCUT2D eigenvalue weighted by atomic mass is 19.1. The van der Waals surface area contributed by atoms with E-state index in [9.17, 15) is 18.4 Å². The minimum atomic E-state index is -0.755. The van der Waals surface area contributed by atoms with E-state index in [0.29, 0.717) is 16.8 Å². The van der Waals surface area contributed by atoms with Crippen molar-refractivity contribution in [1.82, 2.24) is 4.90 Å². The number of fused-ring (bicyclic) bond motifs is 1. The van der Waals surface area contributed by atoms with Crippen LogP contribution in [0.15, 0.2) is 49.0 Å². The predicted octanol–water partition coefficient (Wildman–Crippen LogP) is 3.03. The van der Waals surface area contributed by atoms with Crippen LogP contribution in [0.2, 0.25) is 0 Å². The van der Waals surface area contributed by atoms with Crippen molar-refractivity contribution < 1.29 is 18.4 Å². The van der Waals surface area contributed by atoms with Crippen molar-refractivity contribution in [3.63, 3.8) is 0 Å². The smallest absolute Gasteiger partial charge is 0.259 e. The zero-order chi connectivity index (χ0) is 16.6. The Morgan fingerprint density at radius 3 is 2.52 bits per heavy atom. The topological polar surface area (TPSA) is 49.4 Å². The van der Waals surface area contributed by atoms with E-state index in [1.54, 1.807) is 24.3 Å². The van der Waals surface area contributed by atoms with Gasteiger partial charge < -0.3 is 5.32 Å². The van der Waals surface area contributed by atoms with Gasteiger partial charge in [-0.25, -0.2) is 8.78 Å². The van der Waals surface area contributed by atoms with Crippen molar-refractivity contribution in [1.29, 1.82) is 0 Å². The van der Waals surface area contributed by atoms with Crippen LogP contribution in [0.5, 0.6) is 0 Å². The molecule has 4 nitrogen and oxygen atoms in total. The maximum absolute atomic E-state index is 13.5. The molecule has 3 rings (SSSR count). The number of halogens is 2. The van der Waals surface area contributed by atoms with Crippen LogP contribution in [0.1, 0.15) is 15.9 Å². The number of benzene rings is 2. The Bertz CT molecular complexity index is 798. The Hall–Kier alpha value is -3.02. The molecule has 1 N–H and O–H groups in total. The summed E-state index contributed by atoms with van der Waals surface area (Å²) in [6.07, 6.45) is 0. The highest BCUT2D eigenvalue weighted by molar-refractivity contribution is 6.11. The molecule has 0 aromatic heterocycles. The van der Waals surface area contributed by atoms with Gasteiger partial charge in [-0.1, -0.05) is 24.8 Å². The minimum Gasteiger partial charge on any atom is -0.322 e. The molecule has 0 aliphatic carbocycles. The van der Waals surface area contributed by atoms with E-state index in [1.165, 1.54) is 4.90 Å². The quantitative estimate of drug-likeness (QED) is 0.946. The number of amides is 2. The van der Waals surface area contributed by atoms with Gasteiger partial charge in [0.05, 0.1) is 5.69 Å². The van der Waals surface area contributed by atoms with E-state index < -0.39 is 17.5 Å². The Balaban J connectivity index is 1.76. The van der Waals surface area contributed by atoms with Gasteiger partial charge in [0.15, 0.2) is 0 Å². The van der Waals surface area contributed by atoms with Gasteiger partial charge in [0.2, 0.25) is 5.91 Å². The number of carbonyl (C=O) groups excluding carboxylic acids is 2. The SMILES string of the molecule is C=C1c2ccccc2C(=O)N1CC(=O)Nc1cc(F)ccc1F. The van der Waals surface area contributed by atoms with Crippen molar-refractivity contribution in [3.05, 3.63) is 71.8 Å². The maximum atomic E-state index is 13.5. The van der Waals surface area contributed by atoms with Crippen LogP contribution in [-0.2, 0) is 4.79 Å². The lowest BCUT2D eigenvalue weighted by atomic mass is 10.1. The highest BCUT2D eigenvalue weighted by Crippen LogP contribution is 2.30. The average molecular weight is 314 g/mol. The number of nitrogens with one attached hydrogen (secondary N) is 1. The zero-order valence-electron chi connectivity index (χ0n) is 12.0. The van der Waals surface area contributed by atoms with Crippen LogP contribution in [-0.4, -0.2) is 23.3 Å². The van der Waals surface area contributed by atoms with Gasteiger partial charge in [-0.15, -0.1) is 0 Å². The van der Waals surface area contributed by atoms with Gasteiger partial charge in [0.1, 0.15) is 18.2 Å². The molecular formula is C17H12F2N2O2. The normalized spacial score (nSPS) is 13.2. The maximum Gasteiger partial charge on any atom is 0.259 e. The first-order chi connectivity index (χ1) is 11.0. The number of carbonyl (C=O) groups is 2. The molecular weight excluding hydrogens is 302 g/mol. The summed E-state index contributed by atoms with van der Waals surface area (Å²) in [6, 6.07) is 9.61. The fourth-order valence-electron chi connectivity index (χ4n) is 2.43. The number of nitrogens with zero attached hydrogens (tertiary/aromatic N) is 1. The Morgan fingerprint density at radius 2 is 1.83 bits per heavy atom. The molecule has 0 spiro atoms. The van der Waals surface area contributed by atoms with Gasteiger partial charge in [0, 0.05) is 22.9 Å². The Morgan fingerprint density at radius 1 is 1.13 bits per heavy atom. The van der Waals surface area contributed by atoms with Crippen molar-refractivity contribution in [3.8, 4) is 0 Å². The molecule has 2 aromatic carbocycles. The molecule has 2 aromatic rings. The van der Waals surface area contributed by atoms with Crippen LogP contribution < -0.4 is 5.32 Å². The molecule has 0 bridgehead atoms. The van der Waals surface area contributed by atoms with Gasteiger partial charge in [-0.2, -0.15) is 0 Å². The lowest BCUT2D eigenvalue weighted by Gasteiger charge is -2.17. The first-order valence-corrected chi connectivity index (χ1v) is 6.82. The van der Waals surface area contributed by atoms with E-state index in [0.717, 1.165) is 18.2 Å². The number of rotatable bonds is 3. The van der Waals surface area contributed by atoms with Crippen LogP contribution in [0.25, 0.3) is 5.70 Å². The van der Waals surface area contributed by atoms with Crippen molar-refractivity contribution in [2.45, 2.75) is 0 Å². The third-order valence-corrected chi connectivity index (χ3v) is 3.54. The number of hydrogen-bond donors (Lipinski definition) is 1. The van der Waals surface area contributed by atoms with Crippen molar-refractivity contribution in [2.24, 2.45) is 0 Å². The van der Waals surface area contributed by atoms with Gasteiger partial charge in [-0.05, 0) is 18.2 Å². The summed E-state index contributed by atoms with van der Waals surface area (Å²) >= 11 is 0. The summed E-state index contributed by atoms with van der Waals surface area (Å²) in [5, 5.41) is 2.26. The van der Waals surface area contributed by atoms with Crippen LogP contribution >= 0.6 is 0 Å². The summed E-state index contributed by atoms with van der Waals surface area (Å²) in [4.78, 5) is 25.5. The molecule has 1 aliphatic heterocycles. The summed E-state index contributed by atoms with van der Waals surface area (Å²) < 4.78 is 26.6. The fourth-order valence-corrected chi connectivity index (χ4v) is 2.43. The molecule has 1 heterocycles. The monoisotopic (exact) mass is 314 g/mol. The number of anilines is 1. The van der Waals surface area contributed by atoms with Gasteiger partial charge >= 0.3 is 0 Å². The van der Waals surface area contributed by atoms with Crippen molar-refractivity contribution in [2.75, 3.05) is 11.9 Å². The third-order valence-electron chi connectivity index (χ3n) is 3.54. The largest absolute Gasteiger partial charge is 0.322 e. The second-order valence-electron chi connectivity index (χ2n) is 5.06. The standard InChI is InChI=1S/C17H12F2N2O2/c1-10-12-4-2-3-5-13(12)17(23)21(10)9-16(22)20-15-8-11(18)6-7-14(15)19/h2-8H,1,9H2,(H,20,22). The van der Waals surface area contributed by atoms with E-state index in [2.05, 4.69) is 11.9 Å². The van der Waals surface area contributed by atoms with E-state index in [-0.39, 0.29) is 18.1 Å². The van der Waals surface area contributed by atoms with Gasteiger partial charge in [-0.3, -0.25) is 14.5 Å². The second-order valence-corrected chi connectivity index (χ2v) is 5.06. The molecule has 23 heavy (non-hydrogen) atoms. The summed E-state index contributed by atoms with van der Waals surface area (Å²) in [7, 11) is 0. The number of hydrogen-bond acceptors (Lipinski definition) is 2. The van der Waals surface area contributed by atoms with Crippen LogP contribution in [0.3, 0.4) is 0 Å². The average Bonchev–Trinajstić information content (AvgIpc) is 2.76. The summed E-state index contributed by atoms with van der Waals surface area (Å²) in [5.41, 5.74) is 1.25. The second kappa shape index (κ2) is 5.64. The van der Waals surface area contributed by atoms with E-state index in [4.69, 9.17) is 0 Å². The lowest BCUT2D eigenvalue weighted by Crippen LogP contribution is -2.32. The third kappa shape index (κ3) is 2.70. The lowest BCUT2D eigenvalue weighted by molar-refractivity contribution is -0.116. The molecule has 0 fully saturated rings. The molecule has 0 atom stereocenters. The Kier molecular flexibility index (Phi) is 3.65. The summed E-state index contributed by atoms with van der Waals surface area (Å²) in [6.45, 7) is 3.48. The highest BCUT2D eigenvalue weighted by Gasteiger charge is 2.31.